The first-order valence-electron chi connectivity index (χ1n) is 14.9. The van der Waals surface area contributed by atoms with Crippen molar-refractivity contribution in [3.8, 4) is 11.8 Å². The smallest absolute Gasteiger partial charge is 0.193 e. The highest BCUT2D eigenvalue weighted by Gasteiger charge is 2.60. The van der Waals surface area contributed by atoms with Gasteiger partial charge in [0.25, 0.3) is 0 Å². The number of hydrogen-bond acceptors (Lipinski definition) is 3. The first-order valence-corrected chi connectivity index (χ1v) is 20.7. The summed E-state index contributed by atoms with van der Waals surface area (Å²) in [5, 5.41) is 0.327. The van der Waals surface area contributed by atoms with Crippen molar-refractivity contribution in [2.75, 3.05) is 0 Å². The molecule has 3 nitrogen and oxygen atoms in total. The molecule has 3 aliphatic rings. The van der Waals surface area contributed by atoms with Gasteiger partial charge in [-0.3, -0.25) is 4.79 Å². The van der Waals surface area contributed by atoms with E-state index in [1.54, 1.807) is 0 Å². The first kappa shape index (κ1) is 30.1. The number of rotatable bonds is 6. The van der Waals surface area contributed by atoms with E-state index in [1.807, 2.05) is 0 Å². The van der Waals surface area contributed by atoms with Crippen molar-refractivity contribution in [2.45, 2.75) is 155 Å². The van der Waals surface area contributed by atoms with Crippen LogP contribution in [0.25, 0.3) is 0 Å². The molecule has 0 aromatic heterocycles. The SMILES string of the molecule is CC[C@]12CC[C@@H](O[Si](C)(C)C(C)(C)C)[C@H](C#C[C@@H](O[Si](C)(C)C(C)(C)C)C3CCCCC3)[C@H]1CC2=O. The third-order valence-corrected chi connectivity index (χ3v) is 19.9. The molecule has 3 fully saturated rings. The normalized spacial score (nSPS) is 31.2. The van der Waals surface area contributed by atoms with Gasteiger partial charge in [-0.05, 0) is 80.2 Å². The Morgan fingerprint density at radius 1 is 0.944 bits per heavy atom. The molecular weight excluding hydrogens is 477 g/mol. The molecule has 3 aliphatic carbocycles. The standard InChI is InChI=1S/C31H56O3Si2/c1-12-31-21-20-27(34-36(10,11)30(5,6)7)24(25(31)22-28(31)32)18-19-26(23-16-14-13-15-17-23)33-35(8,9)29(2,3)4/h23-27H,12-17,20-22H2,1-11H3/t24-,25-,26-,27-,31+/m1/s1. The average molecular weight is 533 g/mol. The zero-order valence-corrected chi connectivity index (χ0v) is 27.5. The maximum atomic E-state index is 12.9. The number of ketones is 1. The molecule has 0 spiro atoms. The van der Waals surface area contributed by atoms with Crippen molar-refractivity contribution in [2.24, 2.45) is 23.2 Å². The fourth-order valence-electron chi connectivity index (χ4n) is 6.18. The summed E-state index contributed by atoms with van der Waals surface area (Å²) >= 11 is 0. The largest absolute Gasteiger partial charge is 0.413 e. The number of Topliss-reactive ketones (excluding diaryl/α,β-unsaturated/α-hetero) is 1. The minimum atomic E-state index is -1.95. The highest BCUT2D eigenvalue weighted by molar-refractivity contribution is 6.74. The van der Waals surface area contributed by atoms with Crippen LogP contribution in [-0.4, -0.2) is 34.6 Å². The molecule has 5 atom stereocenters. The predicted molar refractivity (Wildman–Crippen MR) is 157 cm³/mol. The van der Waals surface area contributed by atoms with Crippen molar-refractivity contribution in [1.29, 1.82) is 0 Å². The zero-order chi connectivity index (χ0) is 27.2. The lowest BCUT2D eigenvalue weighted by Gasteiger charge is -2.56. The molecule has 0 unspecified atom stereocenters. The molecule has 0 heterocycles. The second-order valence-electron chi connectivity index (χ2n) is 15.2. The van der Waals surface area contributed by atoms with Gasteiger partial charge in [0.2, 0.25) is 0 Å². The third kappa shape index (κ3) is 5.92. The fourth-order valence-corrected chi connectivity index (χ4v) is 8.79. The Morgan fingerprint density at radius 2 is 1.53 bits per heavy atom. The van der Waals surface area contributed by atoms with Crippen molar-refractivity contribution in [3.05, 3.63) is 0 Å². The molecule has 206 valence electrons. The summed E-state index contributed by atoms with van der Waals surface area (Å²) in [5.41, 5.74) is -0.159. The van der Waals surface area contributed by atoms with Crippen molar-refractivity contribution in [1.82, 2.24) is 0 Å². The summed E-state index contributed by atoms with van der Waals surface area (Å²) in [7, 11) is -3.89. The second kappa shape index (κ2) is 10.6. The van der Waals surface area contributed by atoms with Gasteiger partial charge in [0.15, 0.2) is 16.6 Å². The number of carbonyl (C=O) groups excluding carboxylic acids is 1. The van der Waals surface area contributed by atoms with E-state index in [9.17, 15) is 4.79 Å². The maximum absolute atomic E-state index is 12.9. The van der Waals surface area contributed by atoms with E-state index in [0.717, 1.165) is 19.3 Å². The topological polar surface area (TPSA) is 35.5 Å². The maximum Gasteiger partial charge on any atom is 0.193 e. The van der Waals surface area contributed by atoms with Crippen LogP contribution in [0.4, 0.5) is 0 Å². The van der Waals surface area contributed by atoms with Crippen LogP contribution in [-0.2, 0) is 13.6 Å². The van der Waals surface area contributed by atoms with Gasteiger partial charge in [-0.15, -0.1) is 0 Å². The van der Waals surface area contributed by atoms with E-state index in [2.05, 4.69) is 86.5 Å². The molecule has 5 heteroatoms. The molecule has 36 heavy (non-hydrogen) atoms. The number of carbonyl (C=O) groups is 1. The Kier molecular flexibility index (Phi) is 8.89. The summed E-state index contributed by atoms with van der Waals surface area (Å²) in [4.78, 5) is 12.9. The Hall–Kier alpha value is -0.416. The van der Waals surface area contributed by atoms with E-state index < -0.39 is 16.6 Å². The van der Waals surface area contributed by atoms with E-state index in [0.29, 0.717) is 24.0 Å². The zero-order valence-electron chi connectivity index (χ0n) is 25.5. The van der Waals surface area contributed by atoms with E-state index in [-0.39, 0.29) is 33.6 Å². The third-order valence-electron chi connectivity index (χ3n) is 11.0. The van der Waals surface area contributed by atoms with Crippen LogP contribution < -0.4 is 0 Å². The summed E-state index contributed by atoms with van der Waals surface area (Å²) in [5.74, 6) is 9.06. The Morgan fingerprint density at radius 3 is 2.03 bits per heavy atom. The lowest BCUT2D eigenvalue weighted by Crippen LogP contribution is -2.60. The minimum absolute atomic E-state index is 0.00782. The highest BCUT2D eigenvalue weighted by Crippen LogP contribution is 2.58. The Balaban J connectivity index is 1.96. The van der Waals surface area contributed by atoms with E-state index in [1.165, 1.54) is 32.1 Å². The quantitative estimate of drug-likeness (QED) is 0.253. The highest BCUT2D eigenvalue weighted by atomic mass is 28.4. The van der Waals surface area contributed by atoms with Crippen LogP contribution in [0.15, 0.2) is 0 Å². The van der Waals surface area contributed by atoms with Crippen LogP contribution in [0, 0.1) is 35.0 Å². The molecule has 0 amide bonds. The van der Waals surface area contributed by atoms with Gasteiger partial charge in [-0.1, -0.05) is 79.6 Å². The molecule has 0 N–H and O–H groups in total. The molecule has 3 saturated carbocycles. The summed E-state index contributed by atoms with van der Waals surface area (Å²) in [6, 6.07) is 0. The summed E-state index contributed by atoms with van der Waals surface area (Å²) in [6.07, 6.45) is 10.1. The first-order chi connectivity index (χ1) is 16.5. The van der Waals surface area contributed by atoms with E-state index in [4.69, 9.17) is 8.85 Å². The fraction of sp³-hybridized carbons (Fsp3) is 0.903. The summed E-state index contributed by atoms with van der Waals surface area (Å²) in [6.45, 7) is 25.6. The van der Waals surface area contributed by atoms with Gasteiger partial charge in [0.1, 0.15) is 11.9 Å². The van der Waals surface area contributed by atoms with Crippen molar-refractivity contribution >= 4 is 22.4 Å². The summed E-state index contributed by atoms with van der Waals surface area (Å²) < 4.78 is 14.1. The van der Waals surface area contributed by atoms with Gasteiger partial charge in [0.05, 0.1) is 6.10 Å². The monoisotopic (exact) mass is 532 g/mol. The van der Waals surface area contributed by atoms with Gasteiger partial charge < -0.3 is 8.85 Å². The van der Waals surface area contributed by atoms with Gasteiger partial charge >= 0.3 is 0 Å². The van der Waals surface area contributed by atoms with Crippen molar-refractivity contribution in [3.63, 3.8) is 0 Å². The van der Waals surface area contributed by atoms with Crippen molar-refractivity contribution < 1.29 is 13.6 Å². The van der Waals surface area contributed by atoms with Crippen LogP contribution in [0.2, 0.25) is 36.3 Å². The second-order valence-corrected chi connectivity index (χ2v) is 24.7. The average Bonchev–Trinajstić information content (AvgIpc) is 2.76. The number of hydrogen-bond donors (Lipinski definition) is 0. The van der Waals surface area contributed by atoms with Crippen LogP contribution in [0.1, 0.15) is 106 Å². The molecule has 0 aromatic carbocycles. The number of fused-ring (bicyclic) bond motifs is 1. The minimum Gasteiger partial charge on any atom is -0.413 e. The van der Waals surface area contributed by atoms with Crippen LogP contribution in [0.5, 0.6) is 0 Å². The van der Waals surface area contributed by atoms with Gasteiger partial charge in [-0.2, -0.15) is 0 Å². The van der Waals surface area contributed by atoms with Gasteiger partial charge in [0, 0.05) is 17.8 Å². The predicted octanol–water partition coefficient (Wildman–Crippen LogP) is 8.75. The molecule has 0 aliphatic heterocycles. The Bertz CT molecular complexity index is 848. The molecular formula is C31H56O3Si2. The molecule has 0 bridgehead atoms. The molecule has 3 rings (SSSR count). The van der Waals surface area contributed by atoms with Gasteiger partial charge in [-0.25, -0.2) is 0 Å². The van der Waals surface area contributed by atoms with E-state index >= 15 is 0 Å². The van der Waals surface area contributed by atoms with Crippen LogP contribution in [0.3, 0.4) is 0 Å². The molecule has 0 saturated heterocycles. The lowest BCUT2D eigenvalue weighted by molar-refractivity contribution is -0.159. The lowest BCUT2D eigenvalue weighted by atomic mass is 9.48. The Labute approximate surface area is 225 Å². The van der Waals surface area contributed by atoms with Crippen LogP contribution >= 0.6 is 0 Å². The molecule has 0 radical (unpaired) electrons. The molecule has 0 aromatic rings.